The molecule has 1 atom stereocenters. The maximum absolute atomic E-state index is 12.4. The van der Waals surface area contributed by atoms with Gasteiger partial charge >= 0.3 is 0 Å². The van der Waals surface area contributed by atoms with Crippen molar-refractivity contribution >= 4 is 23.6 Å². The first kappa shape index (κ1) is 13.5. The number of ether oxygens (including phenoxy) is 1. The van der Waals surface area contributed by atoms with Gasteiger partial charge in [0.2, 0.25) is 0 Å². The molecular formula is C15H16ClNO3. The molecule has 1 fully saturated rings. The Balaban J connectivity index is 1.82. The summed E-state index contributed by atoms with van der Waals surface area (Å²) in [6, 6.07) is 5.36. The van der Waals surface area contributed by atoms with Crippen molar-refractivity contribution < 1.29 is 14.6 Å². The number of hydrogen-bond donors (Lipinski definition) is 1. The number of carbonyl (C=O) groups excluding carboxylic acids is 1. The third-order valence-electron chi connectivity index (χ3n) is 3.64. The van der Waals surface area contributed by atoms with Crippen LogP contribution in [0.15, 0.2) is 23.8 Å². The molecule has 0 saturated carbocycles. The van der Waals surface area contributed by atoms with Crippen molar-refractivity contribution in [2.75, 3.05) is 19.7 Å². The number of hydrogen-bond acceptors (Lipinski definition) is 3. The van der Waals surface area contributed by atoms with Gasteiger partial charge in [-0.3, -0.25) is 4.79 Å². The van der Waals surface area contributed by atoms with Gasteiger partial charge in [-0.1, -0.05) is 11.6 Å². The summed E-state index contributed by atoms with van der Waals surface area (Å²) in [4.78, 5) is 14.1. The number of halogens is 1. The van der Waals surface area contributed by atoms with Gasteiger partial charge in [-0.15, -0.1) is 0 Å². The van der Waals surface area contributed by atoms with E-state index < -0.39 is 6.10 Å². The van der Waals surface area contributed by atoms with E-state index >= 15 is 0 Å². The van der Waals surface area contributed by atoms with Crippen molar-refractivity contribution in [3.8, 4) is 5.75 Å². The van der Waals surface area contributed by atoms with Crippen molar-refractivity contribution in [2.24, 2.45) is 0 Å². The third-order valence-corrected chi connectivity index (χ3v) is 3.88. The van der Waals surface area contributed by atoms with E-state index in [2.05, 4.69) is 0 Å². The Bertz CT molecular complexity index is 570. The molecule has 4 nitrogen and oxygen atoms in total. The van der Waals surface area contributed by atoms with E-state index in [9.17, 15) is 9.90 Å². The van der Waals surface area contributed by atoms with Crippen LogP contribution in [-0.2, 0) is 4.79 Å². The zero-order valence-corrected chi connectivity index (χ0v) is 11.8. The lowest BCUT2D eigenvalue weighted by molar-refractivity contribution is -0.130. The van der Waals surface area contributed by atoms with Gasteiger partial charge < -0.3 is 14.7 Å². The average Bonchev–Trinajstić information content (AvgIpc) is 2.45. The molecule has 106 valence electrons. The van der Waals surface area contributed by atoms with Gasteiger partial charge in [-0.25, -0.2) is 0 Å². The number of nitrogens with zero attached hydrogens (tertiary/aromatic N) is 1. The lowest BCUT2D eigenvalue weighted by Gasteiger charge is -2.31. The molecule has 1 aromatic carbocycles. The van der Waals surface area contributed by atoms with Crippen LogP contribution in [0.5, 0.6) is 5.75 Å². The van der Waals surface area contributed by atoms with Crippen LogP contribution in [0.4, 0.5) is 0 Å². The molecule has 1 aromatic rings. The number of likely N-dealkylation sites (tertiary alicyclic amines) is 1. The van der Waals surface area contributed by atoms with E-state index in [1.54, 1.807) is 23.1 Å². The minimum absolute atomic E-state index is 0.0608. The molecule has 1 amide bonds. The van der Waals surface area contributed by atoms with Crippen LogP contribution >= 0.6 is 11.6 Å². The molecule has 0 aliphatic carbocycles. The highest BCUT2D eigenvalue weighted by atomic mass is 35.5. The first-order chi connectivity index (χ1) is 9.63. The molecule has 2 aliphatic rings. The summed E-state index contributed by atoms with van der Waals surface area (Å²) in [6.45, 7) is 1.36. The van der Waals surface area contributed by atoms with Crippen LogP contribution in [0.1, 0.15) is 18.4 Å². The number of piperidine rings is 1. The Kier molecular flexibility index (Phi) is 3.68. The van der Waals surface area contributed by atoms with E-state index in [0.717, 1.165) is 24.2 Å². The molecule has 0 radical (unpaired) electrons. The monoisotopic (exact) mass is 293 g/mol. The van der Waals surface area contributed by atoms with Crippen LogP contribution in [0.3, 0.4) is 0 Å². The molecule has 2 heterocycles. The van der Waals surface area contributed by atoms with Crippen molar-refractivity contribution in [3.05, 3.63) is 34.4 Å². The minimum Gasteiger partial charge on any atom is -0.488 e. The molecule has 1 N–H and O–H groups in total. The molecular weight excluding hydrogens is 278 g/mol. The molecule has 1 saturated heterocycles. The molecule has 5 heteroatoms. The molecule has 0 spiro atoms. The fourth-order valence-electron chi connectivity index (χ4n) is 2.61. The Morgan fingerprint density at radius 3 is 3.10 bits per heavy atom. The second kappa shape index (κ2) is 5.46. The van der Waals surface area contributed by atoms with Gasteiger partial charge in [-0.2, -0.15) is 0 Å². The molecule has 2 aliphatic heterocycles. The molecule has 0 bridgehead atoms. The van der Waals surface area contributed by atoms with E-state index in [1.165, 1.54) is 0 Å². The van der Waals surface area contributed by atoms with Gasteiger partial charge in [0, 0.05) is 23.7 Å². The Morgan fingerprint density at radius 2 is 2.30 bits per heavy atom. The Hall–Kier alpha value is -1.52. The number of fused-ring (bicyclic) bond motifs is 1. The zero-order chi connectivity index (χ0) is 14.1. The fourth-order valence-corrected chi connectivity index (χ4v) is 2.79. The third kappa shape index (κ3) is 2.67. The zero-order valence-electron chi connectivity index (χ0n) is 11.0. The van der Waals surface area contributed by atoms with Crippen LogP contribution in [-0.4, -0.2) is 41.7 Å². The molecule has 1 unspecified atom stereocenters. The summed E-state index contributed by atoms with van der Waals surface area (Å²) in [6.07, 6.45) is 3.01. The maximum Gasteiger partial charge on any atom is 0.253 e. The quantitative estimate of drug-likeness (QED) is 0.863. The van der Waals surface area contributed by atoms with Crippen molar-refractivity contribution in [1.29, 1.82) is 0 Å². The number of β-amino-alcohol motifs (C(OH)–C–C–N with tert-alkyl or cyclic N) is 1. The smallest absolute Gasteiger partial charge is 0.253 e. The highest BCUT2D eigenvalue weighted by Crippen LogP contribution is 2.29. The largest absolute Gasteiger partial charge is 0.488 e. The van der Waals surface area contributed by atoms with Gasteiger partial charge in [0.15, 0.2) is 0 Å². The number of rotatable bonds is 1. The number of aliphatic hydroxyl groups excluding tert-OH is 1. The summed E-state index contributed by atoms with van der Waals surface area (Å²) in [5, 5.41) is 10.3. The summed E-state index contributed by atoms with van der Waals surface area (Å²) in [5.41, 5.74) is 1.43. The predicted octanol–water partition coefficient (Wildman–Crippen LogP) is 2.10. The summed E-state index contributed by atoms with van der Waals surface area (Å²) >= 11 is 5.96. The number of aliphatic hydroxyl groups is 1. The summed E-state index contributed by atoms with van der Waals surface area (Å²) < 4.78 is 5.59. The Morgan fingerprint density at radius 1 is 1.45 bits per heavy atom. The van der Waals surface area contributed by atoms with Crippen molar-refractivity contribution in [3.63, 3.8) is 0 Å². The van der Waals surface area contributed by atoms with Crippen molar-refractivity contribution in [1.82, 2.24) is 4.90 Å². The van der Waals surface area contributed by atoms with E-state index in [0.29, 0.717) is 23.7 Å². The number of carbonyl (C=O) groups is 1. The lowest BCUT2D eigenvalue weighted by atomic mass is 10.0. The highest BCUT2D eigenvalue weighted by Gasteiger charge is 2.26. The average molecular weight is 294 g/mol. The number of benzene rings is 1. The SMILES string of the molecule is O=C(C1=Cc2cc(Cl)ccc2OC1)N1CCCC(O)C1. The lowest BCUT2D eigenvalue weighted by Crippen LogP contribution is -2.43. The topological polar surface area (TPSA) is 49.8 Å². The van der Waals surface area contributed by atoms with Crippen LogP contribution in [0.25, 0.3) is 6.08 Å². The molecule has 20 heavy (non-hydrogen) atoms. The predicted molar refractivity (Wildman–Crippen MR) is 76.7 cm³/mol. The van der Waals surface area contributed by atoms with Gasteiger partial charge in [0.05, 0.1) is 11.7 Å². The van der Waals surface area contributed by atoms with Crippen LogP contribution < -0.4 is 4.74 Å². The van der Waals surface area contributed by atoms with Crippen LogP contribution in [0, 0.1) is 0 Å². The standard InChI is InChI=1S/C15H16ClNO3/c16-12-3-4-14-10(7-12)6-11(9-20-14)15(19)17-5-1-2-13(18)8-17/h3-4,6-7,13,18H,1-2,5,8-9H2. The highest BCUT2D eigenvalue weighted by molar-refractivity contribution is 6.30. The van der Waals surface area contributed by atoms with Crippen LogP contribution in [0.2, 0.25) is 5.02 Å². The second-order valence-electron chi connectivity index (χ2n) is 5.19. The summed E-state index contributed by atoms with van der Waals surface area (Å²) in [5.74, 6) is 0.680. The minimum atomic E-state index is -0.417. The van der Waals surface area contributed by atoms with Gasteiger partial charge in [-0.05, 0) is 37.1 Å². The van der Waals surface area contributed by atoms with Gasteiger partial charge in [0.1, 0.15) is 12.4 Å². The first-order valence-electron chi connectivity index (χ1n) is 6.74. The Labute approximate surface area is 122 Å². The second-order valence-corrected chi connectivity index (χ2v) is 5.62. The maximum atomic E-state index is 12.4. The summed E-state index contributed by atoms with van der Waals surface area (Å²) in [7, 11) is 0. The molecule has 0 aromatic heterocycles. The van der Waals surface area contributed by atoms with E-state index in [-0.39, 0.29) is 12.5 Å². The van der Waals surface area contributed by atoms with E-state index in [1.807, 2.05) is 6.08 Å². The molecule has 3 rings (SSSR count). The fraction of sp³-hybridized carbons (Fsp3) is 0.400. The first-order valence-corrected chi connectivity index (χ1v) is 7.11. The number of amides is 1. The van der Waals surface area contributed by atoms with Gasteiger partial charge in [0.25, 0.3) is 5.91 Å². The van der Waals surface area contributed by atoms with Crippen molar-refractivity contribution in [2.45, 2.75) is 18.9 Å². The van der Waals surface area contributed by atoms with E-state index in [4.69, 9.17) is 16.3 Å². The normalized spacial score (nSPS) is 21.8.